The monoisotopic (exact) mass is 507 g/mol. The fourth-order valence-electron chi connectivity index (χ4n) is 5.70. The summed E-state index contributed by atoms with van der Waals surface area (Å²) in [5.41, 5.74) is 6.90. The van der Waals surface area contributed by atoms with Crippen LogP contribution in [0.5, 0.6) is 0 Å². The lowest BCUT2D eigenvalue weighted by molar-refractivity contribution is 0.0893. The molecule has 0 radical (unpaired) electrons. The fraction of sp³-hybridized carbons (Fsp3) is 0.0882. The molecule has 7 rings (SSSR count). The lowest BCUT2D eigenvalue weighted by Crippen LogP contribution is -2.40. The van der Waals surface area contributed by atoms with Gasteiger partial charge in [0.15, 0.2) is 0 Å². The van der Waals surface area contributed by atoms with Crippen LogP contribution in [-0.2, 0) is 0 Å². The Bertz CT molecular complexity index is 1750. The van der Waals surface area contributed by atoms with E-state index in [4.69, 9.17) is 5.10 Å². The quantitative estimate of drug-likeness (QED) is 0.240. The van der Waals surface area contributed by atoms with Gasteiger partial charge in [0.2, 0.25) is 0 Å². The summed E-state index contributed by atoms with van der Waals surface area (Å²) in [7, 11) is 0. The van der Waals surface area contributed by atoms with E-state index in [9.17, 15) is 9.59 Å². The van der Waals surface area contributed by atoms with Crippen molar-refractivity contribution in [1.82, 2.24) is 0 Å². The predicted octanol–water partition coefficient (Wildman–Crippen LogP) is 7.30. The van der Waals surface area contributed by atoms with E-state index < -0.39 is 0 Å². The van der Waals surface area contributed by atoms with E-state index in [1.165, 1.54) is 16.0 Å². The summed E-state index contributed by atoms with van der Waals surface area (Å²) in [4.78, 5) is 28.5. The Hall–Kier alpha value is -5.03. The molecule has 5 aromatic carbocycles. The molecule has 0 saturated heterocycles. The maximum atomic E-state index is 13.6. The van der Waals surface area contributed by atoms with E-state index in [-0.39, 0.29) is 17.9 Å². The van der Waals surface area contributed by atoms with Crippen LogP contribution in [0.25, 0.3) is 10.8 Å². The molecule has 2 aliphatic heterocycles. The molecule has 0 unspecified atom stereocenters. The summed E-state index contributed by atoms with van der Waals surface area (Å²) in [6.07, 6.45) is 0.703. The van der Waals surface area contributed by atoms with Crippen LogP contribution in [0.2, 0.25) is 0 Å². The predicted molar refractivity (Wildman–Crippen MR) is 156 cm³/mol. The first-order chi connectivity index (χ1) is 19.1. The van der Waals surface area contributed by atoms with Crippen molar-refractivity contribution in [3.8, 4) is 0 Å². The van der Waals surface area contributed by atoms with Gasteiger partial charge in [0.1, 0.15) is 0 Å². The molecular weight excluding hydrogens is 482 g/mol. The number of hydrogen-bond acceptors (Lipinski definition) is 4. The topological polar surface area (TPSA) is 53.0 Å². The van der Waals surface area contributed by atoms with Gasteiger partial charge in [-0.1, -0.05) is 84.4 Å². The minimum atomic E-state index is -0.307. The average Bonchev–Trinajstić information content (AvgIpc) is 3.42. The van der Waals surface area contributed by atoms with E-state index in [1.807, 2.05) is 54.6 Å². The maximum Gasteiger partial charge on any atom is 0.265 e. The summed E-state index contributed by atoms with van der Waals surface area (Å²) < 4.78 is 0. The van der Waals surface area contributed by atoms with Crippen LogP contribution in [0.15, 0.2) is 120 Å². The van der Waals surface area contributed by atoms with Gasteiger partial charge in [0.25, 0.3) is 11.8 Å². The number of para-hydroxylation sites is 1. The van der Waals surface area contributed by atoms with Gasteiger partial charge in [-0.25, -0.2) is 4.90 Å². The molecule has 0 aromatic heterocycles. The van der Waals surface area contributed by atoms with E-state index in [0.717, 1.165) is 22.3 Å². The highest BCUT2D eigenvalue weighted by Crippen LogP contribution is 2.40. The molecule has 5 aromatic rings. The smallest absolute Gasteiger partial charge is 0.265 e. The van der Waals surface area contributed by atoms with Crippen LogP contribution in [0.3, 0.4) is 0 Å². The largest absolute Gasteiger partial charge is 0.268 e. The van der Waals surface area contributed by atoms with Gasteiger partial charge in [0, 0.05) is 28.5 Å². The summed E-state index contributed by atoms with van der Waals surface area (Å²) in [6.45, 7) is 2.08. The molecule has 5 nitrogen and oxygen atoms in total. The third-order valence-corrected chi connectivity index (χ3v) is 7.63. The lowest BCUT2D eigenvalue weighted by atomic mass is 9.88. The number of hydrazone groups is 1. The molecule has 0 bridgehead atoms. The molecular formula is C34H25N3O2. The zero-order valence-electron chi connectivity index (χ0n) is 21.4. The Labute approximate surface area is 226 Å². The third-order valence-electron chi connectivity index (χ3n) is 7.63. The van der Waals surface area contributed by atoms with Crippen LogP contribution in [0.1, 0.15) is 49.9 Å². The Kier molecular flexibility index (Phi) is 5.37. The van der Waals surface area contributed by atoms with Crippen LogP contribution in [-0.4, -0.2) is 17.5 Å². The number of imide groups is 1. The van der Waals surface area contributed by atoms with Crippen molar-refractivity contribution in [3.63, 3.8) is 0 Å². The van der Waals surface area contributed by atoms with Gasteiger partial charge >= 0.3 is 0 Å². The molecule has 1 atom stereocenters. The summed E-state index contributed by atoms with van der Waals surface area (Å²) in [5.74, 6) is -0.614. The number of anilines is 2. The summed E-state index contributed by atoms with van der Waals surface area (Å²) in [5, 5.41) is 8.80. The van der Waals surface area contributed by atoms with Crippen LogP contribution in [0, 0.1) is 6.92 Å². The zero-order chi connectivity index (χ0) is 26.5. The van der Waals surface area contributed by atoms with Crippen LogP contribution in [0.4, 0.5) is 11.4 Å². The highest BCUT2D eigenvalue weighted by atomic mass is 16.2. The molecule has 39 heavy (non-hydrogen) atoms. The van der Waals surface area contributed by atoms with E-state index in [0.29, 0.717) is 28.6 Å². The number of hydrogen-bond donors (Lipinski definition) is 0. The molecule has 5 heteroatoms. The molecule has 0 saturated carbocycles. The Morgan fingerprint density at radius 2 is 1.28 bits per heavy atom. The lowest BCUT2D eigenvalue weighted by Gasteiger charge is -2.27. The van der Waals surface area contributed by atoms with Crippen molar-refractivity contribution in [2.75, 3.05) is 9.91 Å². The van der Waals surface area contributed by atoms with Gasteiger partial charge in [-0.2, -0.15) is 5.10 Å². The van der Waals surface area contributed by atoms with Crippen LogP contribution >= 0.6 is 0 Å². The molecule has 0 fully saturated rings. The molecule has 2 aliphatic rings. The first-order valence-corrected chi connectivity index (χ1v) is 13.1. The van der Waals surface area contributed by atoms with Crippen molar-refractivity contribution in [1.29, 1.82) is 0 Å². The van der Waals surface area contributed by atoms with Crippen molar-refractivity contribution >= 4 is 39.7 Å². The van der Waals surface area contributed by atoms with Gasteiger partial charge in [-0.05, 0) is 54.3 Å². The number of carbonyl (C=O) groups excluding carboxylic acids is 2. The normalized spacial score (nSPS) is 16.6. The number of benzene rings is 5. The van der Waals surface area contributed by atoms with E-state index in [2.05, 4.69) is 60.5 Å². The minimum Gasteiger partial charge on any atom is -0.268 e. The standard InChI is InChI=1S/C34H25N3O2/c1-22-15-17-25(18-16-22)37-31(23-9-4-2-5-10-23)21-30(35-37)26-19-20-29-32-27(26)13-8-14-28(32)33(38)36(34(29)39)24-11-6-3-7-12-24/h2-20,31H,21H2,1H3/t31-/m1/s1. The molecule has 2 heterocycles. The first kappa shape index (κ1) is 23.1. The zero-order valence-corrected chi connectivity index (χ0v) is 21.4. The second-order valence-electron chi connectivity index (χ2n) is 10.0. The molecule has 188 valence electrons. The first-order valence-electron chi connectivity index (χ1n) is 13.1. The Balaban J connectivity index is 1.36. The minimum absolute atomic E-state index is 0.0338. The van der Waals surface area contributed by atoms with E-state index in [1.54, 1.807) is 12.1 Å². The van der Waals surface area contributed by atoms with Gasteiger partial charge in [0.05, 0.1) is 23.1 Å². The number of amides is 2. The van der Waals surface area contributed by atoms with Crippen molar-refractivity contribution in [2.45, 2.75) is 19.4 Å². The third kappa shape index (κ3) is 3.74. The number of aryl methyl sites for hydroxylation is 1. The van der Waals surface area contributed by atoms with Gasteiger partial charge in [-0.3, -0.25) is 14.6 Å². The average molecular weight is 508 g/mol. The number of rotatable bonds is 4. The fourth-order valence-corrected chi connectivity index (χ4v) is 5.70. The number of carbonyl (C=O) groups is 2. The second kappa shape index (κ2) is 9.07. The summed E-state index contributed by atoms with van der Waals surface area (Å²) >= 11 is 0. The van der Waals surface area contributed by atoms with Crippen molar-refractivity contribution in [3.05, 3.63) is 143 Å². The Morgan fingerprint density at radius 1 is 0.641 bits per heavy atom. The van der Waals surface area contributed by atoms with Crippen molar-refractivity contribution < 1.29 is 9.59 Å². The Morgan fingerprint density at radius 3 is 2.00 bits per heavy atom. The molecule has 2 amide bonds. The van der Waals surface area contributed by atoms with Crippen molar-refractivity contribution in [2.24, 2.45) is 5.10 Å². The molecule has 0 N–H and O–H groups in total. The second-order valence-corrected chi connectivity index (χ2v) is 10.0. The molecule has 0 spiro atoms. The highest BCUT2D eigenvalue weighted by molar-refractivity contribution is 6.36. The highest BCUT2D eigenvalue weighted by Gasteiger charge is 2.36. The summed E-state index contributed by atoms with van der Waals surface area (Å²) in [6, 6.07) is 37.5. The maximum absolute atomic E-state index is 13.6. The number of nitrogens with zero attached hydrogens (tertiary/aromatic N) is 3. The SMILES string of the molecule is Cc1ccc(N2N=C(c3ccc4c5c(cccc35)C(=O)N(c3ccccc3)C4=O)C[C@@H]2c2ccccc2)cc1. The van der Waals surface area contributed by atoms with Gasteiger partial charge in [-0.15, -0.1) is 0 Å². The molecule has 0 aliphatic carbocycles. The van der Waals surface area contributed by atoms with Gasteiger partial charge < -0.3 is 0 Å². The van der Waals surface area contributed by atoms with E-state index >= 15 is 0 Å². The van der Waals surface area contributed by atoms with Crippen LogP contribution < -0.4 is 9.91 Å².